The summed E-state index contributed by atoms with van der Waals surface area (Å²) in [5.74, 6) is -0.198. The number of nitrogens with one attached hydrogen (secondary N) is 1. The van der Waals surface area contributed by atoms with Crippen LogP contribution in [0.4, 0.5) is 5.69 Å². The predicted molar refractivity (Wildman–Crippen MR) is 114 cm³/mol. The molecule has 2 aromatic heterocycles. The van der Waals surface area contributed by atoms with Crippen molar-refractivity contribution in [1.29, 1.82) is 0 Å². The zero-order chi connectivity index (χ0) is 19.8. The molecule has 0 saturated heterocycles. The number of amides is 1. The molecule has 0 spiro atoms. The highest BCUT2D eigenvalue weighted by molar-refractivity contribution is 7.18. The molecule has 5 nitrogen and oxygen atoms in total. The largest absolute Gasteiger partial charge is 0.324 e. The molecule has 3 aromatic rings. The van der Waals surface area contributed by atoms with Gasteiger partial charge in [0.25, 0.3) is 5.56 Å². The van der Waals surface area contributed by atoms with Gasteiger partial charge in [0.15, 0.2) is 0 Å². The standard InChI is InChI=1S/C22H25N3O2S/c1-4-15-9-7-8-13(2)19(15)24-20(26)14(3)25-12-23-21-18(22(25)27)16-10-5-6-11-17(16)28-21/h7-9,12,14H,4-6,10-11H2,1-3H3,(H,24,26)/t14-/m1/s1. The van der Waals surface area contributed by atoms with Gasteiger partial charge in [-0.25, -0.2) is 4.98 Å². The monoisotopic (exact) mass is 395 g/mol. The van der Waals surface area contributed by atoms with Crippen LogP contribution in [0.5, 0.6) is 0 Å². The first-order valence-electron chi connectivity index (χ1n) is 9.92. The molecule has 0 radical (unpaired) electrons. The van der Waals surface area contributed by atoms with Crippen molar-refractivity contribution in [3.63, 3.8) is 0 Å². The fraction of sp³-hybridized carbons (Fsp3) is 0.409. The van der Waals surface area contributed by atoms with Gasteiger partial charge < -0.3 is 5.32 Å². The summed E-state index contributed by atoms with van der Waals surface area (Å²) in [4.78, 5) is 32.7. The molecule has 0 aliphatic heterocycles. The van der Waals surface area contributed by atoms with Gasteiger partial charge in [0.1, 0.15) is 10.9 Å². The quantitative estimate of drug-likeness (QED) is 0.712. The van der Waals surface area contributed by atoms with Gasteiger partial charge in [-0.15, -0.1) is 11.3 Å². The number of thiophene rings is 1. The minimum absolute atomic E-state index is 0.104. The van der Waals surface area contributed by atoms with E-state index in [0.717, 1.165) is 52.9 Å². The minimum atomic E-state index is -0.632. The Morgan fingerprint density at radius 1 is 1.32 bits per heavy atom. The van der Waals surface area contributed by atoms with Crippen molar-refractivity contribution in [3.05, 3.63) is 56.4 Å². The Morgan fingerprint density at radius 3 is 2.89 bits per heavy atom. The van der Waals surface area contributed by atoms with Gasteiger partial charge in [-0.3, -0.25) is 14.2 Å². The van der Waals surface area contributed by atoms with Crippen LogP contribution in [0.25, 0.3) is 10.2 Å². The van der Waals surface area contributed by atoms with Crippen molar-refractivity contribution in [1.82, 2.24) is 9.55 Å². The van der Waals surface area contributed by atoms with E-state index in [1.54, 1.807) is 18.3 Å². The van der Waals surface area contributed by atoms with Crippen LogP contribution < -0.4 is 10.9 Å². The average Bonchev–Trinajstić information content (AvgIpc) is 3.08. The van der Waals surface area contributed by atoms with Crippen LogP contribution in [0.1, 0.15) is 54.3 Å². The number of carbonyl (C=O) groups is 1. The number of benzene rings is 1. The maximum atomic E-state index is 13.2. The average molecular weight is 396 g/mol. The van der Waals surface area contributed by atoms with E-state index in [2.05, 4.69) is 17.2 Å². The zero-order valence-electron chi connectivity index (χ0n) is 16.5. The number of hydrogen-bond donors (Lipinski definition) is 1. The number of aryl methyl sites for hydroxylation is 4. The lowest BCUT2D eigenvalue weighted by atomic mass is 9.97. The van der Waals surface area contributed by atoms with E-state index in [4.69, 9.17) is 0 Å². The number of carbonyl (C=O) groups excluding carboxylic acids is 1. The molecule has 1 amide bonds. The Morgan fingerprint density at radius 2 is 2.11 bits per heavy atom. The summed E-state index contributed by atoms with van der Waals surface area (Å²) < 4.78 is 1.48. The maximum Gasteiger partial charge on any atom is 0.263 e. The van der Waals surface area contributed by atoms with Crippen molar-refractivity contribution in [3.8, 4) is 0 Å². The molecule has 1 N–H and O–H groups in total. The van der Waals surface area contributed by atoms with Crippen LogP contribution >= 0.6 is 11.3 Å². The summed E-state index contributed by atoms with van der Waals surface area (Å²) in [5.41, 5.74) is 4.00. The van der Waals surface area contributed by atoms with Gasteiger partial charge >= 0.3 is 0 Å². The third-order valence-corrected chi connectivity index (χ3v) is 6.89. The highest BCUT2D eigenvalue weighted by Gasteiger charge is 2.23. The van der Waals surface area contributed by atoms with E-state index in [0.29, 0.717) is 5.39 Å². The van der Waals surface area contributed by atoms with Crippen LogP contribution in [-0.2, 0) is 24.1 Å². The third kappa shape index (κ3) is 3.15. The van der Waals surface area contributed by atoms with Gasteiger partial charge in [-0.05, 0) is 62.6 Å². The maximum absolute atomic E-state index is 13.2. The van der Waals surface area contributed by atoms with Gasteiger partial charge in [-0.2, -0.15) is 0 Å². The number of rotatable bonds is 4. The Bertz CT molecular complexity index is 1110. The molecular weight excluding hydrogens is 370 g/mol. The topological polar surface area (TPSA) is 64.0 Å². The van der Waals surface area contributed by atoms with Gasteiger partial charge in [0.2, 0.25) is 5.91 Å². The van der Waals surface area contributed by atoms with Crippen molar-refractivity contribution in [2.45, 2.75) is 58.9 Å². The first-order valence-corrected chi connectivity index (χ1v) is 10.7. The van der Waals surface area contributed by atoms with E-state index < -0.39 is 6.04 Å². The Hall–Kier alpha value is -2.47. The molecule has 1 aliphatic carbocycles. The molecule has 4 rings (SSSR count). The molecule has 0 fully saturated rings. The number of aromatic nitrogens is 2. The van der Waals surface area contributed by atoms with E-state index >= 15 is 0 Å². The van der Waals surface area contributed by atoms with Crippen LogP contribution in [0.2, 0.25) is 0 Å². The molecule has 0 saturated carbocycles. The third-order valence-electron chi connectivity index (χ3n) is 5.69. The van der Waals surface area contributed by atoms with Crippen LogP contribution in [0, 0.1) is 6.92 Å². The van der Waals surface area contributed by atoms with Crippen molar-refractivity contribution in [2.75, 3.05) is 5.32 Å². The molecule has 1 atom stereocenters. The second-order valence-corrected chi connectivity index (χ2v) is 8.56. The summed E-state index contributed by atoms with van der Waals surface area (Å²) >= 11 is 1.63. The predicted octanol–water partition coefficient (Wildman–Crippen LogP) is 4.41. The molecule has 6 heteroatoms. The highest BCUT2D eigenvalue weighted by atomic mass is 32.1. The SMILES string of the molecule is CCc1cccc(C)c1NC(=O)[C@@H](C)n1cnc2sc3c(c2c1=O)CCCC3. The van der Waals surface area contributed by atoms with Crippen LogP contribution in [-0.4, -0.2) is 15.5 Å². The summed E-state index contributed by atoms with van der Waals surface area (Å²) in [5, 5.41) is 3.75. The van der Waals surface area contributed by atoms with Gasteiger partial charge in [0, 0.05) is 10.6 Å². The molecule has 28 heavy (non-hydrogen) atoms. The van der Waals surface area contributed by atoms with Crippen molar-refractivity contribution in [2.24, 2.45) is 0 Å². The summed E-state index contributed by atoms with van der Waals surface area (Å²) in [6.07, 6.45) is 6.59. The molecule has 0 unspecified atom stereocenters. The normalized spacial score (nSPS) is 14.7. The van der Waals surface area contributed by atoms with E-state index in [1.165, 1.54) is 22.2 Å². The number of anilines is 1. The number of fused-ring (bicyclic) bond motifs is 3. The Kier molecular flexibility index (Phi) is 5.06. The van der Waals surface area contributed by atoms with Crippen molar-refractivity contribution >= 4 is 33.1 Å². The molecule has 1 aromatic carbocycles. The number of para-hydroxylation sites is 1. The number of hydrogen-bond acceptors (Lipinski definition) is 4. The van der Waals surface area contributed by atoms with E-state index in [-0.39, 0.29) is 11.5 Å². The van der Waals surface area contributed by atoms with Crippen molar-refractivity contribution < 1.29 is 4.79 Å². The molecule has 0 bridgehead atoms. The molecular formula is C22H25N3O2S. The highest BCUT2D eigenvalue weighted by Crippen LogP contribution is 2.33. The Labute approximate surface area is 168 Å². The minimum Gasteiger partial charge on any atom is -0.324 e. The Balaban J connectivity index is 1.69. The lowest BCUT2D eigenvalue weighted by Gasteiger charge is -2.18. The summed E-state index contributed by atoms with van der Waals surface area (Å²) in [6.45, 7) is 5.81. The number of nitrogens with zero attached hydrogens (tertiary/aromatic N) is 2. The molecule has 2 heterocycles. The summed E-state index contributed by atoms with van der Waals surface area (Å²) in [7, 11) is 0. The first-order chi connectivity index (χ1) is 13.5. The fourth-order valence-corrected chi connectivity index (χ4v) is 5.21. The fourth-order valence-electron chi connectivity index (χ4n) is 3.99. The zero-order valence-corrected chi connectivity index (χ0v) is 17.4. The molecule has 146 valence electrons. The van der Waals surface area contributed by atoms with E-state index in [1.807, 2.05) is 25.1 Å². The summed E-state index contributed by atoms with van der Waals surface area (Å²) in [6, 6.07) is 5.37. The van der Waals surface area contributed by atoms with E-state index in [9.17, 15) is 9.59 Å². The second-order valence-electron chi connectivity index (χ2n) is 7.48. The first kappa shape index (κ1) is 18.9. The smallest absolute Gasteiger partial charge is 0.263 e. The van der Waals surface area contributed by atoms with Gasteiger partial charge in [0.05, 0.1) is 11.7 Å². The second kappa shape index (κ2) is 7.51. The van der Waals surface area contributed by atoms with Crippen LogP contribution in [0.15, 0.2) is 29.3 Å². The van der Waals surface area contributed by atoms with Crippen LogP contribution in [0.3, 0.4) is 0 Å². The lowest BCUT2D eigenvalue weighted by molar-refractivity contribution is -0.118. The lowest BCUT2D eigenvalue weighted by Crippen LogP contribution is -2.32. The van der Waals surface area contributed by atoms with Gasteiger partial charge in [-0.1, -0.05) is 25.1 Å². The molecule has 1 aliphatic rings.